The van der Waals surface area contributed by atoms with Gasteiger partial charge in [0.2, 0.25) is 0 Å². The van der Waals surface area contributed by atoms with E-state index in [9.17, 15) is 0 Å². The minimum absolute atomic E-state index is 0.182. The van der Waals surface area contributed by atoms with Gasteiger partial charge in [0.05, 0.1) is 12.7 Å². The van der Waals surface area contributed by atoms with Crippen molar-refractivity contribution in [3.63, 3.8) is 0 Å². The lowest BCUT2D eigenvalue weighted by molar-refractivity contribution is 0.413. The molecular weight excluding hydrogens is 387 g/mol. The van der Waals surface area contributed by atoms with Gasteiger partial charge in [-0.3, -0.25) is 0 Å². The van der Waals surface area contributed by atoms with Crippen molar-refractivity contribution in [2.45, 2.75) is 26.2 Å². The van der Waals surface area contributed by atoms with Crippen LogP contribution in [0.5, 0.6) is 5.75 Å². The number of nitrogens with one attached hydrogen (secondary N) is 1. The molecule has 0 aliphatic carbocycles. The summed E-state index contributed by atoms with van der Waals surface area (Å²) >= 11 is 0. The molecule has 1 aliphatic heterocycles. The van der Waals surface area contributed by atoms with Crippen molar-refractivity contribution in [2.24, 2.45) is 0 Å². The van der Waals surface area contributed by atoms with Gasteiger partial charge < -0.3 is 15.0 Å². The Labute approximate surface area is 184 Å². The molecule has 3 aromatic carbocycles. The number of methoxy groups -OCH3 is 1. The fraction of sp³-hybridized carbons (Fsp3) is 0.333. The largest absolute Gasteiger partial charge is 0.496 e. The molecule has 1 N–H and O–H groups in total. The lowest BCUT2D eigenvalue weighted by Crippen LogP contribution is -2.43. The van der Waals surface area contributed by atoms with Gasteiger partial charge in [-0.05, 0) is 53.6 Å². The quantitative estimate of drug-likeness (QED) is 0.567. The number of ether oxygens (including phenoxy) is 1. The first kappa shape index (κ1) is 21.4. The molecule has 3 aromatic rings. The van der Waals surface area contributed by atoms with E-state index in [0.29, 0.717) is 17.7 Å². The molecule has 162 valence electrons. The average molecular weight is 419 g/mol. The Balaban J connectivity index is 1.55. The molecule has 3 nitrogen and oxygen atoms in total. The first-order chi connectivity index (χ1) is 15.2. The Morgan fingerprint density at radius 2 is 1.71 bits per heavy atom. The molecule has 0 aromatic heterocycles. The molecule has 0 atom stereocenters. The highest BCUT2D eigenvalue weighted by Crippen LogP contribution is 2.35. The number of benzene rings is 3. The van der Waals surface area contributed by atoms with E-state index in [1.807, 2.05) is 42.5 Å². The lowest BCUT2D eigenvalue weighted by atomic mass is 9.96. The summed E-state index contributed by atoms with van der Waals surface area (Å²) in [5, 5.41) is 3.42. The Morgan fingerprint density at radius 3 is 2.42 bits per heavy atom. The highest BCUT2D eigenvalue weighted by atomic mass is 19.1. The highest BCUT2D eigenvalue weighted by Gasteiger charge is 2.17. The predicted octanol–water partition coefficient (Wildman–Crippen LogP) is 5.26. The number of hydrogen-bond donors (Lipinski definition) is 1. The molecule has 0 amide bonds. The van der Waals surface area contributed by atoms with Crippen molar-refractivity contribution < 1.29 is 9.13 Å². The van der Waals surface area contributed by atoms with Crippen LogP contribution in [0.2, 0.25) is 0 Å². The van der Waals surface area contributed by atoms with E-state index in [0.717, 1.165) is 50.1 Å². The number of rotatable bonds is 7. The summed E-state index contributed by atoms with van der Waals surface area (Å²) in [6.45, 7) is 6.37. The fourth-order valence-corrected chi connectivity index (χ4v) is 4.41. The molecule has 1 aliphatic rings. The van der Waals surface area contributed by atoms with Gasteiger partial charge in [-0.1, -0.05) is 55.5 Å². The van der Waals surface area contributed by atoms with Crippen molar-refractivity contribution in [3.8, 4) is 16.9 Å². The molecule has 1 saturated heterocycles. The topological polar surface area (TPSA) is 24.5 Å². The number of anilines is 1. The van der Waals surface area contributed by atoms with Gasteiger partial charge in [0.25, 0.3) is 0 Å². The van der Waals surface area contributed by atoms with E-state index in [-0.39, 0.29) is 5.82 Å². The van der Waals surface area contributed by atoms with E-state index in [4.69, 9.17) is 4.74 Å². The van der Waals surface area contributed by atoms with E-state index < -0.39 is 0 Å². The highest BCUT2D eigenvalue weighted by molar-refractivity contribution is 5.72. The van der Waals surface area contributed by atoms with Crippen LogP contribution in [-0.2, 0) is 19.3 Å². The first-order valence-electron chi connectivity index (χ1n) is 11.2. The van der Waals surface area contributed by atoms with E-state index in [1.54, 1.807) is 7.11 Å². The Morgan fingerprint density at radius 1 is 0.935 bits per heavy atom. The van der Waals surface area contributed by atoms with Gasteiger partial charge in [-0.15, -0.1) is 0 Å². The Kier molecular flexibility index (Phi) is 6.88. The molecule has 4 rings (SSSR count). The van der Waals surface area contributed by atoms with Crippen LogP contribution in [-0.4, -0.2) is 33.3 Å². The van der Waals surface area contributed by atoms with Crippen LogP contribution in [0, 0.1) is 5.82 Å². The van der Waals surface area contributed by atoms with E-state index >= 15 is 4.39 Å². The molecule has 1 heterocycles. The number of aryl methyl sites for hydroxylation is 3. The van der Waals surface area contributed by atoms with Crippen molar-refractivity contribution in [3.05, 3.63) is 83.2 Å². The van der Waals surface area contributed by atoms with Gasteiger partial charge in [0.15, 0.2) is 0 Å². The average Bonchev–Trinajstić information content (AvgIpc) is 2.84. The minimum Gasteiger partial charge on any atom is -0.496 e. The van der Waals surface area contributed by atoms with Crippen LogP contribution < -0.4 is 15.0 Å². The van der Waals surface area contributed by atoms with Crippen molar-refractivity contribution in [1.29, 1.82) is 0 Å². The van der Waals surface area contributed by atoms with Gasteiger partial charge in [-0.25, -0.2) is 4.39 Å². The third-order valence-corrected chi connectivity index (χ3v) is 6.13. The third kappa shape index (κ3) is 4.75. The van der Waals surface area contributed by atoms with E-state index in [2.05, 4.69) is 35.3 Å². The zero-order chi connectivity index (χ0) is 21.6. The molecule has 0 bridgehead atoms. The summed E-state index contributed by atoms with van der Waals surface area (Å²) in [5.74, 6) is 0.389. The number of halogens is 1. The molecule has 4 heteroatoms. The van der Waals surface area contributed by atoms with Crippen LogP contribution in [0.25, 0.3) is 11.1 Å². The Hall–Kier alpha value is -2.85. The lowest BCUT2D eigenvalue weighted by Gasteiger charge is -2.31. The fourth-order valence-electron chi connectivity index (χ4n) is 4.41. The zero-order valence-corrected chi connectivity index (χ0v) is 18.5. The maximum atomic E-state index is 15.5. The van der Waals surface area contributed by atoms with Gasteiger partial charge in [0.1, 0.15) is 11.6 Å². The monoisotopic (exact) mass is 418 g/mol. The minimum atomic E-state index is -0.182. The summed E-state index contributed by atoms with van der Waals surface area (Å²) in [5.41, 5.74) is 6.08. The summed E-state index contributed by atoms with van der Waals surface area (Å²) < 4.78 is 20.9. The van der Waals surface area contributed by atoms with Gasteiger partial charge in [0, 0.05) is 31.9 Å². The first-order valence-corrected chi connectivity index (χ1v) is 11.2. The van der Waals surface area contributed by atoms with Gasteiger partial charge >= 0.3 is 0 Å². The SMILES string of the molecule is CCc1cc(CCc2ccc(OC)c(-c3ccccc3)c2F)ccc1N1CCNCC1. The van der Waals surface area contributed by atoms with Crippen LogP contribution in [0.3, 0.4) is 0 Å². The second-order valence-corrected chi connectivity index (χ2v) is 8.04. The number of nitrogens with zero attached hydrogens (tertiary/aromatic N) is 1. The van der Waals surface area contributed by atoms with Crippen LogP contribution in [0.4, 0.5) is 10.1 Å². The van der Waals surface area contributed by atoms with Crippen LogP contribution >= 0.6 is 0 Å². The molecule has 0 saturated carbocycles. The van der Waals surface area contributed by atoms with Crippen LogP contribution in [0.15, 0.2) is 60.7 Å². The molecule has 31 heavy (non-hydrogen) atoms. The second-order valence-electron chi connectivity index (χ2n) is 8.04. The van der Waals surface area contributed by atoms with Crippen molar-refractivity contribution >= 4 is 5.69 Å². The summed E-state index contributed by atoms with van der Waals surface area (Å²) in [6.07, 6.45) is 2.47. The predicted molar refractivity (Wildman–Crippen MR) is 127 cm³/mol. The maximum absolute atomic E-state index is 15.5. The third-order valence-electron chi connectivity index (χ3n) is 6.13. The maximum Gasteiger partial charge on any atom is 0.137 e. The van der Waals surface area contributed by atoms with Crippen LogP contribution in [0.1, 0.15) is 23.6 Å². The molecular formula is C27H31FN2O. The Bertz CT molecular complexity index is 1010. The number of hydrogen-bond acceptors (Lipinski definition) is 3. The second kappa shape index (κ2) is 9.97. The molecule has 0 unspecified atom stereocenters. The summed E-state index contributed by atoms with van der Waals surface area (Å²) in [4.78, 5) is 2.47. The zero-order valence-electron chi connectivity index (χ0n) is 18.5. The molecule has 0 spiro atoms. The number of piperazine rings is 1. The van der Waals surface area contributed by atoms with Gasteiger partial charge in [-0.2, -0.15) is 0 Å². The van der Waals surface area contributed by atoms with Crippen molar-refractivity contribution in [2.75, 3.05) is 38.2 Å². The molecule has 1 fully saturated rings. The summed E-state index contributed by atoms with van der Waals surface area (Å²) in [7, 11) is 1.59. The smallest absolute Gasteiger partial charge is 0.137 e. The normalized spacial score (nSPS) is 14.0. The summed E-state index contributed by atoms with van der Waals surface area (Å²) in [6, 6.07) is 20.1. The van der Waals surface area contributed by atoms with Crippen molar-refractivity contribution in [1.82, 2.24) is 5.32 Å². The van der Waals surface area contributed by atoms with E-state index in [1.165, 1.54) is 16.8 Å². The molecule has 0 radical (unpaired) electrons. The standard InChI is InChI=1S/C27H31FN2O/c1-3-21-19-20(10-13-24(21)30-17-15-29-16-18-30)9-11-23-12-14-25(31-2)26(27(23)28)22-7-5-4-6-8-22/h4-8,10,12-14,19,29H,3,9,11,15-18H2,1-2H3.